The smallest absolute Gasteiger partial charge is 0.191 e. The van der Waals surface area contributed by atoms with Crippen LogP contribution < -0.4 is 10.6 Å². The van der Waals surface area contributed by atoms with Crippen LogP contribution in [0.25, 0.3) is 0 Å². The molecule has 21 heavy (non-hydrogen) atoms. The van der Waals surface area contributed by atoms with Crippen LogP contribution in [0.4, 0.5) is 4.39 Å². The summed E-state index contributed by atoms with van der Waals surface area (Å²) >= 11 is 3.33. The van der Waals surface area contributed by atoms with Gasteiger partial charge in [0.05, 0.1) is 19.4 Å². The second-order valence-electron chi connectivity index (χ2n) is 4.36. The highest BCUT2D eigenvalue weighted by Crippen LogP contribution is 2.16. The van der Waals surface area contributed by atoms with Crippen LogP contribution >= 0.6 is 15.9 Å². The number of guanidine groups is 1. The number of benzene rings is 1. The molecule has 0 aliphatic carbocycles. The Bertz CT molecular complexity index is 599. The van der Waals surface area contributed by atoms with Gasteiger partial charge in [-0.1, -0.05) is 15.9 Å². The summed E-state index contributed by atoms with van der Waals surface area (Å²) in [4.78, 5) is 4.38. The van der Waals surface area contributed by atoms with E-state index in [4.69, 9.17) is 4.42 Å². The minimum atomic E-state index is -0.260. The Kier molecular flexibility index (Phi) is 5.80. The van der Waals surface area contributed by atoms with Crippen LogP contribution in [-0.2, 0) is 13.1 Å². The van der Waals surface area contributed by atoms with Gasteiger partial charge in [-0.2, -0.15) is 0 Å². The zero-order valence-corrected chi connectivity index (χ0v) is 13.3. The molecule has 0 bridgehead atoms. The molecular formula is C15H17BrFN3O. The molecule has 0 fully saturated rings. The lowest BCUT2D eigenvalue weighted by atomic mass is 10.2. The van der Waals surface area contributed by atoms with Crippen LogP contribution in [0.3, 0.4) is 0 Å². The van der Waals surface area contributed by atoms with Crippen molar-refractivity contribution in [2.24, 2.45) is 4.99 Å². The average Bonchev–Trinajstić information content (AvgIpc) is 2.98. The van der Waals surface area contributed by atoms with E-state index in [1.54, 1.807) is 18.4 Å². The van der Waals surface area contributed by atoms with Crippen LogP contribution in [0.1, 0.15) is 18.2 Å². The molecule has 4 nitrogen and oxygen atoms in total. The molecule has 2 aromatic rings. The van der Waals surface area contributed by atoms with E-state index >= 15 is 0 Å². The quantitative estimate of drug-likeness (QED) is 0.639. The summed E-state index contributed by atoms with van der Waals surface area (Å²) in [6, 6.07) is 8.54. The zero-order valence-electron chi connectivity index (χ0n) is 11.7. The topological polar surface area (TPSA) is 49.6 Å². The Morgan fingerprint density at radius 3 is 2.90 bits per heavy atom. The fourth-order valence-corrected chi connectivity index (χ4v) is 2.16. The van der Waals surface area contributed by atoms with Crippen molar-refractivity contribution in [1.29, 1.82) is 0 Å². The Hall–Kier alpha value is -1.82. The van der Waals surface area contributed by atoms with Crippen LogP contribution in [-0.4, -0.2) is 12.5 Å². The SMILES string of the molecule is CCNC(=NCc1cc(Br)ccc1F)NCc1ccco1. The summed E-state index contributed by atoms with van der Waals surface area (Å²) in [6.07, 6.45) is 1.62. The van der Waals surface area contributed by atoms with E-state index in [-0.39, 0.29) is 12.4 Å². The molecule has 2 rings (SSSR count). The second kappa shape index (κ2) is 7.83. The minimum Gasteiger partial charge on any atom is -0.467 e. The minimum absolute atomic E-state index is 0.260. The number of nitrogens with one attached hydrogen (secondary N) is 2. The molecule has 6 heteroatoms. The summed E-state index contributed by atoms with van der Waals surface area (Å²) in [5.41, 5.74) is 0.541. The molecule has 0 radical (unpaired) electrons. The van der Waals surface area contributed by atoms with Gasteiger partial charge in [0.25, 0.3) is 0 Å². The predicted octanol–water partition coefficient (Wildman–Crippen LogP) is 3.44. The van der Waals surface area contributed by atoms with Gasteiger partial charge < -0.3 is 15.1 Å². The molecular weight excluding hydrogens is 337 g/mol. The summed E-state index contributed by atoms with van der Waals surface area (Å²) < 4.78 is 19.8. The van der Waals surface area contributed by atoms with Crippen LogP contribution in [0.2, 0.25) is 0 Å². The third kappa shape index (κ3) is 4.90. The lowest BCUT2D eigenvalue weighted by Crippen LogP contribution is -2.36. The normalized spacial score (nSPS) is 11.5. The number of halogens is 2. The van der Waals surface area contributed by atoms with E-state index in [2.05, 4.69) is 31.6 Å². The standard InChI is InChI=1S/C15H17BrFN3O/c1-2-18-15(20-10-13-4-3-7-21-13)19-9-11-8-12(16)5-6-14(11)17/h3-8H,2,9-10H2,1H3,(H2,18,19,20). The first-order chi connectivity index (χ1) is 10.2. The van der Waals surface area contributed by atoms with Crippen molar-refractivity contribution in [2.75, 3.05) is 6.54 Å². The van der Waals surface area contributed by atoms with Gasteiger partial charge in [-0.15, -0.1) is 0 Å². The highest BCUT2D eigenvalue weighted by Gasteiger charge is 2.04. The van der Waals surface area contributed by atoms with E-state index in [9.17, 15) is 4.39 Å². The molecule has 2 N–H and O–H groups in total. The van der Waals surface area contributed by atoms with Gasteiger partial charge in [-0.3, -0.25) is 0 Å². The molecule has 0 amide bonds. The molecule has 0 aliphatic rings. The average molecular weight is 354 g/mol. The molecule has 1 heterocycles. The van der Waals surface area contributed by atoms with Crippen LogP contribution in [0.5, 0.6) is 0 Å². The fourth-order valence-electron chi connectivity index (χ4n) is 1.75. The number of aliphatic imine (C=N–C) groups is 1. The monoisotopic (exact) mass is 353 g/mol. The summed E-state index contributed by atoms with van der Waals surface area (Å²) in [5, 5.41) is 6.25. The first-order valence-corrected chi connectivity index (χ1v) is 7.47. The maximum Gasteiger partial charge on any atom is 0.191 e. The van der Waals surface area contributed by atoms with Crippen molar-refractivity contribution in [3.05, 3.63) is 58.2 Å². The molecule has 0 unspecified atom stereocenters. The Morgan fingerprint density at radius 2 is 2.19 bits per heavy atom. The molecule has 0 spiro atoms. The van der Waals surface area contributed by atoms with Gasteiger partial charge in [0, 0.05) is 16.6 Å². The maximum absolute atomic E-state index is 13.7. The number of hydrogen-bond acceptors (Lipinski definition) is 2. The number of nitrogens with zero attached hydrogens (tertiary/aromatic N) is 1. The molecule has 112 valence electrons. The van der Waals surface area contributed by atoms with Crippen LogP contribution in [0.15, 0.2) is 50.5 Å². The predicted molar refractivity (Wildman–Crippen MR) is 84.5 cm³/mol. The van der Waals surface area contributed by atoms with Crippen molar-refractivity contribution in [3.63, 3.8) is 0 Å². The Labute approximate surface area is 131 Å². The summed E-state index contributed by atoms with van der Waals surface area (Å²) in [7, 11) is 0. The van der Waals surface area contributed by atoms with Gasteiger partial charge in [-0.25, -0.2) is 9.38 Å². The van der Waals surface area contributed by atoms with E-state index < -0.39 is 0 Å². The van der Waals surface area contributed by atoms with Gasteiger partial charge >= 0.3 is 0 Å². The fraction of sp³-hybridized carbons (Fsp3) is 0.267. The van der Waals surface area contributed by atoms with Gasteiger partial charge in [0.1, 0.15) is 11.6 Å². The van der Waals surface area contributed by atoms with Crippen molar-refractivity contribution in [3.8, 4) is 0 Å². The van der Waals surface area contributed by atoms with Crippen molar-refractivity contribution in [1.82, 2.24) is 10.6 Å². The van der Waals surface area contributed by atoms with E-state index in [1.807, 2.05) is 19.1 Å². The van der Waals surface area contributed by atoms with Crippen molar-refractivity contribution in [2.45, 2.75) is 20.0 Å². The summed E-state index contributed by atoms with van der Waals surface area (Å²) in [5.74, 6) is 1.17. The van der Waals surface area contributed by atoms with E-state index in [0.29, 0.717) is 18.1 Å². The van der Waals surface area contributed by atoms with Gasteiger partial charge in [0.15, 0.2) is 5.96 Å². The highest BCUT2D eigenvalue weighted by atomic mass is 79.9. The first-order valence-electron chi connectivity index (χ1n) is 6.67. The van der Waals surface area contributed by atoms with Gasteiger partial charge in [0.2, 0.25) is 0 Å². The van der Waals surface area contributed by atoms with Gasteiger partial charge in [-0.05, 0) is 37.3 Å². The lowest BCUT2D eigenvalue weighted by Gasteiger charge is -2.10. The third-order valence-electron chi connectivity index (χ3n) is 2.77. The van der Waals surface area contributed by atoms with E-state index in [0.717, 1.165) is 16.8 Å². The number of rotatable bonds is 5. The Morgan fingerprint density at radius 1 is 1.33 bits per heavy atom. The first kappa shape index (κ1) is 15.6. The van der Waals surface area contributed by atoms with E-state index in [1.165, 1.54) is 6.07 Å². The largest absolute Gasteiger partial charge is 0.467 e. The number of hydrogen-bond donors (Lipinski definition) is 2. The maximum atomic E-state index is 13.7. The van der Waals surface area contributed by atoms with Crippen molar-refractivity contribution < 1.29 is 8.81 Å². The Balaban J connectivity index is 2.01. The third-order valence-corrected chi connectivity index (χ3v) is 3.26. The second-order valence-corrected chi connectivity index (χ2v) is 5.28. The molecule has 1 aromatic heterocycles. The molecule has 0 aliphatic heterocycles. The molecule has 1 aromatic carbocycles. The lowest BCUT2D eigenvalue weighted by molar-refractivity contribution is 0.501. The highest BCUT2D eigenvalue weighted by molar-refractivity contribution is 9.10. The number of furan rings is 1. The van der Waals surface area contributed by atoms with Crippen molar-refractivity contribution >= 4 is 21.9 Å². The summed E-state index contributed by atoms with van der Waals surface area (Å²) in [6.45, 7) is 3.49. The molecule has 0 atom stereocenters. The van der Waals surface area contributed by atoms with Crippen LogP contribution in [0, 0.1) is 5.82 Å². The molecule has 0 saturated heterocycles. The molecule has 0 saturated carbocycles. The zero-order chi connectivity index (χ0) is 15.1.